The zero-order valence-corrected chi connectivity index (χ0v) is 19.3. The summed E-state index contributed by atoms with van der Waals surface area (Å²) >= 11 is 1.81. The Morgan fingerprint density at radius 2 is 2.00 bits per heavy atom. The van der Waals surface area contributed by atoms with Gasteiger partial charge < -0.3 is 29.6 Å². The van der Waals surface area contributed by atoms with Gasteiger partial charge in [0, 0.05) is 63.0 Å². The molecular formula is C23H31N5O2S. The second-order valence-electron chi connectivity index (χ2n) is 7.59. The van der Waals surface area contributed by atoms with Crippen molar-refractivity contribution in [1.82, 2.24) is 15.2 Å². The quantitative estimate of drug-likeness (QED) is 0.333. The Bertz CT molecular complexity index is 1010. The fourth-order valence-electron chi connectivity index (χ4n) is 4.06. The van der Waals surface area contributed by atoms with Gasteiger partial charge in [0.2, 0.25) is 0 Å². The molecule has 1 aliphatic heterocycles. The molecule has 3 aromatic rings. The standard InChI is InChI=1S/C23H31N5O2S/c1-24-23(28-11-9-27(10-12-28)22-7-5-13-31-22)25-8-4-6-17-14-19-20(26-17)15-18(29-2)16-21(19)30-3/h5,7,13-16,26H,4,6,8-12H2,1-3H3,(H,24,25). The number of ether oxygens (including phenoxy) is 2. The van der Waals surface area contributed by atoms with Gasteiger partial charge in [-0.1, -0.05) is 0 Å². The van der Waals surface area contributed by atoms with E-state index in [-0.39, 0.29) is 0 Å². The number of hydrogen-bond donors (Lipinski definition) is 2. The number of methoxy groups -OCH3 is 2. The summed E-state index contributed by atoms with van der Waals surface area (Å²) in [5.74, 6) is 2.62. The number of thiophene rings is 1. The monoisotopic (exact) mass is 441 g/mol. The molecule has 1 fully saturated rings. The average Bonchev–Trinajstić information content (AvgIpc) is 3.48. The van der Waals surface area contributed by atoms with Crippen molar-refractivity contribution in [3.05, 3.63) is 41.4 Å². The average molecular weight is 442 g/mol. The Balaban J connectivity index is 1.27. The maximum Gasteiger partial charge on any atom is 0.193 e. The van der Waals surface area contributed by atoms with Crippen LogP contribution in [0.3, 0.4) is 0 Å². The molecule has 0 spiro atoms. The van der Waals surface area contributed by atoms with E-state index in [1.165, 1.54) is 10.7 Å². The van der Waals surface area contributed by atoms with Crippen LogP contribution in [0.2, 0.25) is 0 Å². The molecule has 0 amide bonds. The molecule has 1 saturated heterocycles. The number of aromatic nitrogens is 1. The molecule has 0 aliphatic carbocycles. The fraction of sp³-hybridized carbons (Fsp3) is 0.435. The molecule has 7 nitrogen and oxygen atoms in total. The van der Waals surface area contributed by atoms with Crippen molar-refractivity contribution in [3.8, 4) is 11.5 Å². The number of benzene rings is 1. The zero-order valence-electron chi connectivity index (χ0n) is 18.5. The van der Waals surface area contributed by atoms with Gasteiger partial charge in [0.25, 0.3) is 0 Å². The van der Waals surface area contributed by atoms with Crippen LogP contribution >= 0.6 is 11.3 Å². The number of aryl methyl sites for hydroxylation is 1. The minimum Gasteiger partial charge on any atom is -0.497 e. The number of guanidine groups is 1. The van der Waals surface area contributed by atoms with Crippen LogP contribution in [0.15, 0.2) is 40.7 Å². The highest BCUT2D eigenvalue weighted by atomic mass is 32.1. The lowest BCUT2D eigenvalue weighted by atomic mass is 10.2. The van der Waals surface area contributed by atoms with Gasteiger partial charge in [0.15, 0.2) is 5.96 Å². The number of H-pyrrole nitrogens is 1. The number of anilines is 1. The third kappa shape index (κ3) is 4.90. The Morgan fingerprint density at radius 1 is 1.16 bits per heavy atom. The molecule has 0 bridgehead atoms. The van der Waals surface area contributed by atoms with E-state index in [9.17, 15) is 0 Å². The van der Waals surface area contributed by atoms with Gasteiger partial charge in [0.05, 0.1) is 24.7 Å². The minimum atomic E-state index is 0.794. The van der Waals surface area contributed by atoms with E-state index in [2.05, 4.69) is 48.7 Å². The number of aliphatic imine (C=N–C) groups is 1. The molecule has 0 saturated carbocycles. The number of aromatic amines is 1. The highest BCUT2D eigenvalue weighted by molar-refractivity contribution is 7.14. The summed E-state index contributed by atoms with van der Waals surface area (Å²) in [5.41, 5.74) is 2.24. The molecule has 0 radical (unpaired) electrons. The largest absolute Gasteiger partial charge is 0.497 e. The summed E-state index contributed by atoms with van der Waals surface area (Å²) in [5, 5.41) is 8.12. The van der Waals surface area contributed by atoms with Crippen molar-refractivity contribution < 1.29 is 9.47 Å². The number of nitrogens with zero attached hydrogens (tertiary/aromatic N) is 3. The smallest absolute Gasteiger partial charge is 0.193 e. The van der Waals surface area contributed by atoms with Gasteiger partial charge in [-0.15, -0.1) is 11.3 Å². The van der Waals surface area contributed by atoms with Crippen LogP contribution in [-0.4, -0.2) is 69.8 Å². The first kappa shape index (κ1) is 21.4. The van der Waals surface area contributed by atoms with E-state index in [1.54, 1.807) is 14.2 Å². The van der Waals surface area contributed by atoms with Gasteiger partial charge >= 0.3 is 0 Å². The molecule has 2 aromatic heterocycles. The predicted octanol–water partition coefficient (Wildman–Crippen LogP) is 3.58. The summed E-state index contributed by atoms with van der Waals surface area (Å²) < 4.78 is 10.9. The normalized spacial score (nSPS) is 14.9. The Hall–Kier alpha value is -2.87. The first-order valence-electron chi connectivity index (χ1n) is 10.7. The molecule has 0 atom stereocenters. The molecule has 8 heteroatoms. The van der Waals surface area contributed by atoms with Crippen LogP contribution in [0.1, 0.15) is 12.1 Å². The van der Waals surface area contributed by atoms with Gasteiger partial charge in [-0.05, 0) is 36.4 Å². The lowest BCUT2D eigenvalue weighted by Gasteiger charge is -2.37. The Morgan fingerprint density at radius 3 is 2.68 bits per heavy atom. The maximum atomic E-state index is 5.52. The van der Waals surface area contributed by atoms with Crippen LogP contribution in [0.5, 0.6) is 11.5 Å². The predicted molar refractivity (Wildman–Crippen MR) is 129 cm³/mol. The molecule has 31 heavy (non-hydrogen) atoms. The van der Waals surface area contributed by atoms with Crippen molar-refractivity contribution in [2.24, 2.45) is 4.99 Å². The molecule has 1 aromatic carbocycles. The van der Waals surface area contributed by atoms with Crippen LogP contribution in [0.25, 0.3) is 10.9 Å². The van der Waals surface area contributed by atoms with Gasteiger partial charge in [-0.25, -0.2) is 0 Å². The summed E-state index contributed by atoms with van der Waals surface area (Å²) in [6.07, 6.45) is 1.97. The van der Waals surface area contributed by atoms with Crippen LogP contribution in [0.4, 0.5) is 5.00 Å². The molecule has 3 heterocycles. The van der Waals surface area contributed by atoms with E-state index in [1.807, 2.05) is 30.5 Å². The SMILES string of the molecule is CN=C(NCCCc1cc2c(OC)cc(OC)cc2[nH]1)N1CCN(c2cccs2)CC1. The van der Waals surface area contributed by atoms with Gasteiger partial charge in [0.1, 0.15) is 11.5 Å². The van der Waals surface area contributed by atoms with Crippen LogP contribution in [-0.2, 0) is 6.42 Å². The van der Waals surface area contributed by atoms with E-state index in [0.29, 0.717) is 0 Å². The highest BCUT2D eigenvalue weighted by Gasteiger charge is 2.20. The first-order valence-corrected chi connectivity index (χ1v) is 11.6. The molecule has 4 rings (SSSR count). The van der Waals surface area contributed by atoms with Gasteiger partial charge in [-0.2, -0.15) is 0 Å². The van der Waals surface area contributed by atoms with E-state index in [4.69, 9.17) is 9.47 Å². The van der Waals surface area contributed by atoms with Crippen molar-refractivity contribution in [1.29, 1.82) is 0 Å². The van der Waals surface area contributed by atoms with Gasteiger partial charge in [-0.3, -0.25) is 4.99 Å². The minimum absolute atomic E-state index is 0.794. The molecular weight excluding hydrogens is 410 g/mol. The summed E-state index contributed by atoms with van der Waals surface area (Å²) in [6, 6.07) is 10.4. The number of fused-ring (bicyclic) bond motifs is 1. The Kier molecular flexibility index (Phi) is 6.86. The van der Waals surface area contributed by atoms with Crippen molar-refractivity contribution in [3.63, 3.8) is 0 Å². The second-order valence-corrected chi connectivity index (χ2v) is 8.51. The maximum absolute atomic E-state index is 5.52. The van der Waals surface area contributed by atoms with E-state index in [0.717, 1.165) is 73.9 Å². The topological polar surface area (TPSA) is 65.1 Å². The van der Waals surface area contributed by atoms with Crippen molar-refractivity contribution >= 4 is 33.2 Å². The van der Waals surface area contributed by atoms with Crippen LogP contribution < -0.4 is 19.7 Å². The van der Waals surface area contributed by atoms with Crippen molar-refractivity contribution in [2.75, 3.05) is 58.9 Å². The first-order chi connectivity index (χ1) is 15.2. The van der Waals surface area contributed by atoms with E-state index < -0.39 is 0 Å². The highest BCUT2D eigenvalue weighted by Crippen LogP contribution is 2.31. The van der Waals surface area contributed by atoms with Crippen molar-refractivity contribution in [2.45, 2.75) is 12.8 Å². The second kappa shape index (κ2) is 9.96. The third-order valence-electron chi connectivity index (χ3n) is 5.70. The summed E-state index contributed by atoms with van der Waals surface area (Å²) in [6.45, 7) is 4.92. The third-order valence-corrected chi connectivity index (χ3v) is 6.63. The molecule has 2 N–H and O–H groups in total. The number of hydrogen-bond acceptors (Lipinski definition) is 5. The molecule has 1 aliphatic rings. The summed E-state index contributed by atoms with van der Waals surface area (Å²) in [4.78, 5) is 12.8. The Labute approximate surface area is 187 Å². The number of rotatable bonds is 7. The number of piperazine rings is 1. The zero-order chi connectivity index (χ0) is 21.6. The molecule has 166 valence electrons. The number of nitrogens with one attached hydrogen (secondary N) is 2. The fourth-order valence-corrected chi connectivity index (χ4v) is 4.84. The molecule has 0 unspecified atom stereocenters. The summed E-state index contributed by atoms with van der Waals surface area (Å²) in [7, 11) is 5.23. The lowest BCUT2D eigenvalue weighted by Crippen LogP contribution is -2.52. The lowest BCUT2D eigenvalue weighted by molar-refractivity contribution is 0.373. The van der Waals surface area contributed by atoms with Crippen LogP contribution in [0, 0.1) is 0 Å². The van der Waals surface area contributed by atoms with E-state index >= 15 is 0 Å².